The average Bonchev–Trinajstić information content (AvgIpc) is 3.02. The summed E-state index contributed by atoms with van der Waals surface area (Å²) < 4.78 is 11.2. The number of halogens is 1. The van der Waals surface area contributed by atoms with Gasteiger partial charge in [-0.2, -0.15) is 0 Å². The lowest BCUT2D eigenvalue weighted by molar-refractivity contribution is -0.116. The smallest absolute Gasteiger partial charge is 0.163 e. The number of Topliss-reactive ketones (excluding diaryl/α,β-unsaturated/α-hetero) is 1. The van der Waals surface area contributed by atoms with Gasteiger partial charge in [0.05, 0.1) is 31.1 Å². The summed E-state index contributed by atoms with van der Waals surface area (Å²) in [5.74, 6) is 1.57. The topological polar surface area (TPSA) is 59.6 Å². The molecule has 2 aliphatic rings. The van der Waals surface area contributed by atoms with Crippen molar-refractivity contribution in [2.75, 3.05) is 24.4 Å². The molecule has 0 saturated heterocycles. The van der Waals surface area contributed by atoms with Gasteiger partial charge in [0.2, 0.25) is 0 Å². The number of carbonyl (C=O) groups is 1. The first-order valence-corrected chi connectivity index (χ1v) is 11.9. The molecule has 0 radical (unpaired) electrons. The highest BCUT2D eigenvalue weighted by Gasteiger charge is 2.36. The lowest BCUT2D eigenvalue weighted by Crippen LogP contribution is -2.26. The Morgan fingerprint density at radius 2 is 1.68 bits per heavy atom. The number of hydrogen-bond acceptors (Lipinski definition) is 5. The molecule has 3 aromatic carbocycles. The van der Waals surface area contributed by atoms with Crippen molar-refractivity contribution in [3.63, 3.8) is 0 Å². The fourth-order valence-electron chi connectivity index (χ4n) is 4.85. The van der Waals surface area contributed by atoms with E-state index in [-0.39, 0.29) is 17.7 Å². The average molecular weight is 475 g/mol. The van der Waals surface area contributed by atoms with E-state index in [4.69, 9.17) is 21.1 Å². The number of anilines is 2. The van der Waals surface area contributed by atoms with Gasteiger partial charge in [0.15, 0.2) is 17.3 Å². The minimum absolute atomic E-state index is 0.0412. The van der Waals surface area contributed by atoms with Crippen LogP contribution in [0.15, 0.2) is 78.0 Å². The molecule has 0 saturated carbocycles. The molecule has 34 heavy (non-hydrogen) atoms. The van der Waals surface area contributed by atoms with Gasteiger partial charge in [-0.25, -0.2) is 0 Å². The highest BCUT2D eigenvalue weighted by atomic mass is 35.5. The highest BCUT2D eigenvalue weighted by molar-refractivity contribution is 6.30. The molecule has 1 aliphatic heterocycles. The summed E-state index contributed by atoms with van der Waals surface area (Å²) in [6.07, 6.45) is 1.15. The Morgan fingerprint density at radius 3 is 2.41 bits per heavy atom. The molecule has 0 aromatic heterocycles. The third-order valence-electron chi connectivity index (χ3n) is 6.47. The predicted octanol–water partition coefficient (Wildman–Crippen LogP) is 6.73. The van der Waals surface area contributed by atoms with E-state index < -0.39 is 0 Å². The number of methoxy groups -OCH3 is 1. The van der Waals surface area contributed by atoms with Crippen LogP contribution in [0.5, 0.6) is 11.5 Å². The van der Waals surface area contributed by atoms with Gasteiger partial charge in [-0.3, -0.25) is 4.79 Å². The minimum Gasteiger partial charge on any atom is -0.493 e. The molecule has 0 spiro atoms. The third-order valence-corrected chi connectivity index (χ3v) is 6.72. The van der Waals surface area contributed by atoms with Crippen LogP contribution in [-0.2, 0) is 4.79 Å². The van der Waals surface area contributed by atoms with Crippen molar-refractivity contribution < 1.29 is 14.3 Å². The number of para-hydroxylation sites is 2. The zero-order chi connectivity index (χ0) is 23.7. The van der Waals surface area contributed by atoms with Gasteiger partial charge >= 0.3 is 0 Å². The second-order valence-electron chi connectivity index (χ2n) is 8.56. The quantitative estimate of drug-likeness (QED) is 0.429. The van der Waals surface area contributed by atoms with Crippen molar-refractivity contribution in [2.45, 2.75) is 31.7 Å². The van der Waals surface area contributed by atoms with Gasteiger partial charge in [-0.1, -0.05) is 41.9 Å². The Balaban J connectivity index is 1.55. The van der Waals surface area contributed by atoms with Crippen LogP contribution in [0.1, 0.15) is 42.9 Å². The summed E-state index contributed by atoms with van der Waals surface area (Å²) in [4.78, 5) is 13.7. The maximum atomic E-state index is 13.7. The molecule has 1 aliphatic carbocycles. The van der Waals surface area contributed by atoms with Gasteiger partial charge < -0.3 is 20.1 Å². The van der Waals surface area contributed by atoms with E-state index in [2.05, 4.69) is 10.6 Å². The van der Waals surface area contributed by atoms with E-state index in [9.17, 15) is 4.79 Å². The second-order valence-corrected chi connectivity index (χ2v) is 9.00. The number of allylic oxidation sites excluding steroid dienone is 1. The lowest BCUT2D eigenvalue weighted by atomic mass is 9.78. The van der Waals surface area contributed by atoms with Crippen molar-refractivity contribution in [1.29, 1.82) is 0 Å². The summed E-state index contributed by atoms with van der Waals surface area (Å²) in [7, 11) is 1.64. The zero-order valence-electron chi connectivity index (χ0n) is 19.2. The molecule has 2 N–H and O–H groups in total. The molecule has 0 unspecified atom stereocenters. The van der Waals surface area contributed by atoms with Crippen LogP contribution in [-0.4, -0.2) is 19.5 Å². The molecule has 0 amide bonds. The summed E-state index contributed by atoms with van der Waals surface area (Å²) in [6, 6.07) is 21.5. The van der Waals surface area contributed by atoms with E-state index in [1.165, 1.54) is 0 Å². The summed E-state index contributed by atoms with van der Waals surface area (Å²) in [6.45, 7) is 2.51. The Labute approximate surface area is 204 Å². The fourth-order valence-corrected chi connectivity index (χ4v) is 4.97. The number of nitrogens with one attached hydrogen (secondary N) is 2. The summed E-state index contributed by atoms with van der Waals surface area (Å²) in [5.41, 5.74) is 5.73. The zero-order valence-corrected chi connectivity index (χ0v) is 20.0. The van der Waals surface area contributed by atoms with Crippen molar-refractivity contribution >= 4 is 28.8 Å². The maximum Gasteiger partial charge on any atom is 0.163 e. The molecule has 1 heterocycles. The number of ether oxygens (including phenoxy) is 2. The standard InChI is InChI=1S/C28H27ClN2O3/c1-3-34-25-13-10-18(16-26(25)33-2)19-14-23-27(24(32)15-19)28(17-8-11-20(29)12-9-17)31-22-7-5-4-6-21(22)30-23/h4-13,16,19,28,30-31H,3,14-15H2,1-2H3/t19-,28+/m0/s1. The van der Waals surface area contributed by atoms with Gasteiger partial charge in [0.25, 0.3) is 0 Å². The first-order valence-electron chi connectivity index (χ1n) is 11.5. The molecule has 6 heteroatoms. The number of benzene rings is 3. The number of rotatable bonds is 5. The summed E-state index contributed by atoms with van der Waals surface area (Å²) >= 11 is 6.14. The van der Waals surface area contributed by atoms with Crippen molar-refractivity contribution in [3.05, 3.63) is 94.1 Å². The molecular weight excluding hydrogens is 448 g/mol. The number of ketones is 1. The van der Waals surface area contributed by atoms with Crippen LogP contribution >= 0.6 is 11.6 Å². The van der Waals surface area contributed by atoms with Crippen LogP contribution < -0.4 is 20.1 Å². The van der Waals surface area contributed by atoms with Crippen molar-refractivity contribution in [1.82, 2.24) is 0 Å². The van der Waals surface area contributed by atoms with Gasteiger partial charge in [-0.15, -0.1) is 0 Å². The Kier molecular flexibility index (Phi) is 6.20. The van der Waals surface area contributed by atoms with Crippen molar-refractivity contribution in [3.8, 4) is 11.5 Å². The number of carbonyl (C=O) groups excluding carboxylic acids is 1. The Morgan fingerprint density at radius 1 is 0.941 bits per heavy atom. The normalized spacial score (nSPS) is 19.3. The van der Waals surface area contributed by atoms with E-state index in [1.807, 2.05) is 73.7 Å². The first-order chi connectivity index (χ1) is 16.6. The van der Waals surface area contributed by atoms with E-state index >= 15 is 0 Å². The summed E-state index contributed by atoms with van der Waals surface area (Å²) in [5, 5.41) is 7.85. The Hall–Kier alpha value is -3.44. The molecule has 2 atom stereocenters. The molecule has 0 bridgehead atoms. The van der Waals surface area contributed by atoms with Crippen LogP contribution in [0.25, 0.3) is 0 Å². The number of fused-ring (bicyclic) bond motifs is 1. The second kappa shape index (κ2) is 9.43. The molecular formula is C28H27ClN2O3. The first kappa shape index (κ1) is 22.4. The Bertz CT molecular complexity index is 1250. The third kappa shape index (κ3) is 4.24. The molecule has 174 valence electrons. The molecule has 5 nitrogen and oxygen atoms in total. The van der Waals surface area contributed by atoms with E-state index in [0.29, 0.717) is 29.5 Å². The van der Waals surface area contributed by atoms with Gasteiger partial charge in [0, 0.05) is 22.7 Å². The number of hydrogen-bond donors (Lipinski definition) is 2. The molecule has 3 aromatic rings. The fraction of sp³-hybridized carbons (Fsp3) is 0.250. The van der Waals surface area contributed by atoms with E-state index in [0.717, 1.165) is 40.2 Å². The van der Waals surface area contributed by atoms with Crippen LogP contribution in [0.2, 0.25) is 5.02 Å². The van der Waals surface area contributed by atoms with Crippen LogP contribution in [0, 0.1) is 0 Å². The SMILES string of the molecule is CCOc1ccc([C@@H]2CC(=O)C3=C(C2)Nc2ccccc2N[C@@H]3c2ccc(Cl)cc2)cc1OC. The van der Waals surface area contributed by atoms with Crippen LogP contribution in [0.4, 0.5) is 11.4 Å². The van der Waals surface area contributed by atoms with E-state index in [1.54, 1.807) is 7.11 Å². The monoisotopic (exact) mass is 474 g/mol. The lowest BCUT2D eigenvalue weighted by Gasteiger charge is -2.30. The molecule has 5 rings (SSSR count). The van der Waals surface area contributed by atoms with Crippen LogP contribution in [0.3, 0.4) is 0 Å². The van der Waals surface area contributed by atoms with Crippen molar-refractivity contribution in [2.24, 2.45) is 0 Å². The minimum atomic E-state index is -0.258. The highest BCUT2D eigenvalue weighted by Crippen LogP contribution is 2.45. The maximum absolute atomic E-state index is 13.7. The van der Waals surface area contributed by atoms with Gasteiger partial charge in [-0.05, 0) is 66.8 Å². The van der Waals surface area contributed by atoms with Gasteiger partial charge in [0.1, 0.15) is 0 Å². The largest absolute Gasteiger partial charge is 0.493 e. The molecule has 0 fully saturated rings. The predicted molar refractivity (Wildman–Crippen MR) is 136 cm³/mol.